The molecule has 1 aromatic heterocycles. The van der Waals surface area contributed by atoms with Crippen LogP contribution in [0.4, 0.5) is 0 Å². The summed E-state index contributed by atoms with van der Waals surface area (Å²) in [7, 11) is 0. The van der Waals surface area contributed by atoms with Crippen LogP contribution in [0.15, 0.2) is 36.4 Å². The summed E-state index contributed by atoms with van der Waals surface area (Å²) < 4.78 is 1.47. The Bertz CT molecular complexity index is 500. The molecule has 2 rings (SSSR count). The van der Waals surface area contributed by atoms with Crippen molar-refractivity contribution in [2.45, 2.75) is 20.3 Å². The van der Waals surface area contributed by atoms with Crippen LogP contribution in [0.1, 0.15) is 21.7 Å². The maximum absolute atomic E-state index is 11.9. The van der Waals surface area contributed by atoms with Gasteiger partial charge in [-0.25, -0.2) is 4.68 Å². The molecule has 0 bridgehead atoms. The number of rotatable bonds is 2. The topological polar surface area (TPSA) is 34.9 Å². The fourth-order valence-electron chi connectivity index (χ4n) is 1.73. The molecule has 1 heterocycles. The predicted octanol–water partition coefficient (Wildman–Crippen LogP) is 2.38. The molecule has 0 aliphatic heterocycles. The summed E-state index contributed by atoms with van der Waals surface area (Å²) in [6, 6.07) is 11.6. The third-order valence-corrected chi connectivity index (χ3v) is 2.44. The van der Waals surface area contributed by atoms with Crippen LogP contribution in [-0.2, 0) is 6.42 Å². The Hall–Kier alpha value is -1.90. The Kier molecular flexibility index (Phi) is 2.86. The molecule has 0 saturated heterocycles. The van der Waals surface area contributed by atoms with Gasteiger partial charge >= 0.3 is 0 Å². The highest BCUT2D eigenvalue weighted by atomic mass is 16.2. The highest BCUT2D eigenvalue weighted by molar-refractivity contribution is 5.81. The lowest BCUT2D eigenvalue weighted by Crippen LogP contribution is -2.16. The van der Waals surface area contributed by atoms with Crippen molar-refractivity contribution in [3.05, 3.63) is 53.3 Å². The van der Waals surface area contributed by atoms with Crippen LogP contribution < -0.4 is 0 Å². The molecule has 3 heteroatoms. The zero-order valence-corrected chi connectivity index (χ0v) is 9.47. The lowest BCUT2D eigenvalue weighted by molar-refractivity contribution is 0.0895. The van der Waals surface area contributed by atoms with Gasteiger partial charge in [0.05, 0.1) is 12.1 Å². The minimum atomic E-state index is 0.0109. The molecule has 0 aliphatic rings. The van der Waals surface area contributed by atoms with Crippen LogP contribution in [-0.4, -0.2) is 15.7 Å². The van der Waals surface area contributed by atoms with Crippen molar-refractivity contribution in [1.82, 2.24) is 9.78 Å². The van der Waals surface area contributed by atoms with Gasteiger partial charge in [-0.2, -0.15) is 5.10 Å². The third-order valence-electron chi connectivity index (χ3n) is 2.44. The molecule has 0 atom stereocenters. The molecular weight excluding hydrogens is 200 g/mol. The van der Waals surface area contributed by atoms with Crippen molar-refractivity contribution in [2.24, 2.45) is 0 Å². The Balaban J connectivity index is 2.18. The maximum atomic E-state index is 11.9. The summed E-state index contributed by atoms with van der Waals surface area (Å²) in [4.78, 5) is 11.9. The van der Waals surface area contributed by atoms with Crippen molar-refractivity contribution >= 4 is 5.91 Å². The highest BCUT2D eigenvalue weighted by Crippen LogP contribution is 2.05. The summed E-state index contributed by atoms with van der Waals surface area (Å²) in [5.41, 5.74) is 2.78. The van der Waals surface area contributed by atoms with E-state index < -0.39 is 0 Å². The zero-order valence-electron chi connectivity index (χ0n) is 9.47. The molecule has 0 N–H and O–H groups in total. The van der Waals surface area contributed by atoms with Gasteiger partial charge in [-0.3, -0.25) is 4.79 Å². The monoisotopic (exact) mass is 214 g/mol. The predicted molar refractivity (Wildman–Crippen MR) is 62.5 cm³/mol. The number of carbonyl (C=O) groups excluding carboxylic acids is 1. The maximum Gasteiger partial charge on any atom is 0.251 e. The standard InChI is InChI=1S/C13H14N2O/c1-10-8-11(2)15(14-10)13(16)9-12-6-4-3-5-7-12/h3-8H,9H2,1-2H3. The normalized spacial score (nSPS) is 10.4. The van der Waals surface area contributed by atoms with E-state index in [0.29, 0.717) is 6.42 Å². The second kappa shape index (κ2) is 4.31. The average molecular weight is 214 g/mol. The molecule has 0 radical (unpaired) electrons. The third kappa shape index (κ3) is 2.19. The molecule has 16 heavy (non-hydrogen) atoms. The number of nitrogens with zero attached hydrogens (tertiary/aromatic N) is 2. The Morgan fingerprint density at radius 1 is 1.25 bits per heavy atom. The lowest BCUT2D eigenvalue weighted by atomic mass is 10.1. The van der Waals surface area contributed by atoms with Gasteiger partial charge in [0.15, 0.2) is 0 Å². The van der Waals surface area contributed by atoms with Crippen LogP contribution in [0.3, 0.4) is 0 Å². The largest absolute Gasteiger partial charge is 0.272 e. The van der Waals surface area contributed by atoms with Crippen molar-refractivity contribution in [2.75, 3.05) is 0 Å². The molecule has 0 spiro atoms. The first kappa shape index (κ1) is 10.6. The Morgan fingerprint density at radius 3 is 2.50 bits per heavy atom. The molecular formula is C13H14N2O. The van der Waals surface area contributed by atoms with E-state index in [9.17, 15) is 4.79 Å². The summed E-state index contributed by atoms with van der Waals surface area (Å²) in [5.74, 6) is 0.0109. The first-order valence-corrected chi connectivity index (χ1v) is 5.27. The molecule has 0 amide bonds. The van der Waals surface area contributed by atoms with Crippen LogP contribution in [0.25, 0.3) is 0 Å². The van der Waals surface area contributed by atoms with Crippen LogP contribution >= 0.6 is 0 Å². The highest BCUT2D eigenvalue weighted by Gasteiger charge is 2.10. The Labute approximate surface area is 94.7 Å². The summed E-state index contributed by atoms with van der Waals surface area (Å²) >= 11 is 0. The molecule has 2 aromatic rings. The fourth-order valence-corrected chi connectivity index (χ4v) is 1.73. The molecule has 1 aromatic carbocycles. The molecule has 3 nitrogen and oxygen atoms in total. The van der Waals surface area contributed by atoms with E-state index in [4.69, 9.17) is 0 Å². The minimum Gasteiger partial charge on any atom is -0.272 e. The molecule has 0 fully saturated rings. The first-order chi connectivity index (χ1) is 7.66. The van der Waals surface area contributed by atoms with Gasteiger partial charge in [-0.15, -0.1) is 0 Å². The van der Waals surface area contributed by atoms with E-state index in [1.54, 1.807) is 0 Å². The summed E-state index contributed by atoms with van der Waals surface area (Å²) in [5, 5.41) is 4.17. The van der Waals surface area contributed by atoms with Crippen LogP contribution in [0.5, 0.6) is 0 Å². The minimum absolute atomic E-state index is 0.0109. The number of aryl methyl sites for hydroxylation is 2. The van der Waals surface area contributed by atoms with Crippen LogP contribution in [0.2, 0.25) is 0 Å². The smallest absolute Gasteiger partial charge is 0.251 e. The summed E-state index contributed by atoms with van der Waals surface area (Å²) in [6.07, 6.45) is 0.392. The van der Waals surface area contributed by atoms with E-state index in [2.05, 4.69) is 5.10 Å². The molecule has 82 valence electrons. The van der Waals surface area contributed by atoms with Gasteiger partial charge in [-0.05, 0) is 25.5 Å². The first-order valence-electron chi connectivity index (χ1n) is 5.27. The van der Waals surface area contributed by atoms with E-state index in [1.807, 2.05) is 50.2 Å². The molecule has 0 aliphatic carbocycles. The fraction of sp³-hybridized carbons (Fsp3) is 0.231. The number of hydrogen-bond donors (Lipinski definition) is 0. The van der Waals surface area contributed by atoms with Gasteiger partial charge in [0.2, 0.25) is 0 Å². The number of carbonyl (C=O) groups is 1. The van der Waals surface area contributed by atoms with Gasteiger partial charge < -0.3 is 0 Å². The second-order valence-corrected chi connectivity index (χ2v) is 3.90. The second-order valence-electron chi connectivity index (χ2n) is 3.90. The number of benzene rings is 1. The van der Waals surface area contributed by atoms with E-state index in [-0.39, 0.29) is 5.91 Å². The molecule has 0 unspecified atom stereocenters. The van der Waals surface area contributed by atoms with Gasteiger partial charge in [0.1, 0.15) is 0 Å². The van der Waals surface area contributed by atoms with Crippen LogP contribution in [0, 0.1) is 13.8 Å². The van der Waals surface area contributed by atoms with Gasteiger partial charge in [0, 0.05) is 5.69 Å². The lowest BCUT2D eigenvalue weighted by Gasteiger charge is -2.02. The van der Waals surface area contributed by atoms with Crippen molar-refractivity contribution in [1.29, 1.82) is 0 Å². The van der Waals surface area contributed by atoms with Gasteiger partial charge in [-0.1, -0.05) is 30.3 Å². The van der Waals surface area contributed by atoms with E-state index >= 15 is 0 Å². The number of hydrogen-bond acceptors (Lipinski definition) is 2. The number of aromatic nitrogens is 2. The molecule has 0 saturated carbocycles. The SMILES string of the molecule is Cc1cc(C)n(C(=O)Cc2ccccc2)n1. The van der Waals surface area contributed by atoms with Crippen molar-refractivity contribution in [3.63, 3.8) is 0 Å². The Morgan fingerprint density at radius 2 is 1.94 bits per heavy atom. The van der Waals surface area contributed by atoms with Crippen molar-refractivity contribution in [3.8, 4) is 0 Å². The quantitative estimate of drug-likeness (QED) is 0.769. The zero-order chi connectivity index (χ0) is 11.5. The van der Waals surface area contributed by atoms with Gasteiger partial charge in [0.25, 0.3) is 5.91 Å². The van der Waals surface area contributed by atoms with Crippen molar-refractivity contribution < 1.29 is 4.79 Å². The average Bonchev–Trinajstić information content (AvgIpc) is 2.59. The van der Waals surface area contributed by atoms with E-state index in [0.717, 1.165) is 17.0 Å². The summed E-state index contributed by atoms with van der Waals surface area (Å²) in [6.45, 7) is 3.78. The van der Waals surface area contributed by atoms with E-state index in [1.165, 1.54) is 4.68 Å².